The van der Waals surface area contributed by atoms with Crippen molar-refractivity contribution in [1.29, 1.82) is 0 Å². The quantitative estimate of drug-likeness (QED) is 0.900. The van der Waals surface area contributed by atoms with Crippen LogP contribution in [0.2, 0.25) is 0 Å². The van der Waals surface area contributed by atoms with Gasteiger partial charge in [-0.2, -0.15) is 0 Å². The van der Waals surface area contributed by atoms with Crippen molar-refractivity contribution in [3.8, 4) is 0 Å². The number of morpholine rings is 1. The monoisotopic (exact) mass is 280 g/mol. The van der Waals surface area contributed by atoms with E-state index in [2.05, 4.69) is 50.9 Å². The second kappa shape index (κ2) is 6.29. The van der Waals surface area contributed by atoms with Gasteiger partial charge in [0.15, 0.2) is 0 Å². The highest BCUT2D eigenvalue weighted by molar-refractivity contribution is 5.20. The smallest absolute Gasteiger partial charge is 0.120 e. The summed E-state index contributed by atoms with van der Waals surface area (Å²) >= 11 is 0. The predicted molar refractivity (Wildman–Crippen MR) is 80.7 cm³/mol. The van der Waals surface area contributed by atoms with Gasteiger partial charge in [-0.25, -0.2) is 0 Å². The highest BCUT2D eigenvalue weighted by Gasteiger charge is 2.27. The first-order valence-corrected chi connectivity index (χ1v) is 7.53. The molecule has 1 aromatic rings. The summed E-state index contributed by atoms with van der Waals surface area (Å²) < 4.78 is 11.7. The molecule has 0 saturated carbocycles. The second-order valence-electron chi connectivity index (χ2n) is 6.67. The van der Waals surface area contributed by atoms with E-state index >= 15 is 0 Å². The molecule has 4 heteroatoms. The minimum Gasteiger partial charge on any atom is -0.463 e. The molecule has 2 heterocycles. The highest BCUT2D eigenvalue weighted by atomic mass is 16.5. The van der Waals surface area contributed by atoms with Crippen LogP contribution in [-0.2, 0) is 17.8 Å². The van der Waals surface area contributed by atoms with E-state index < -0.39 is 0 Å². The molecule has 0 bridgehead atoms. The van der Waals surface area contributed by atoms with Gasteiger partial charge in [-0.15, -0.1) is 0 Å². The molecule has 1 saturated heterocycles. The van der Waals surface area contributed by atoms with Crippen molar-refractivity contribution in [3.63, 3.8) is 0 Å². The topological polar surface area (TPSA) is 37.6 Å². The Bertz CT molecular complexity index is 438. The lowest BCUT2D eigenvalue weighted by Gasteiger charge is -2.37. The number of rotatable bonds is 5. The molecule has 0 atom stereocenters. The van der Waals surface area contributed by atoms with Crippen molar-refractivity contribution < 1.29 is 9.15 Å². The van der Waals surface area contributed by atoms with Crippen LogP contribution in [0.5, 0.6) is 0 Å². The maximum Gasteiger partial charge on any atom is 0.120 e. The number of hydrogen-bond donors (Lipinski definition) is 1. The predicted octanol–water partition coefficient (Wildman–Crippen LogP) is 2.70. The van der Waals surface area contributed by atoms with Crippen molar-refractivity contribution >= 4 is 0 Å². The van der Waals surface area contributed by atoms with Crippen LogP contribution in [0, 0.1) is 6.92 Å². The Kier molecular flexibility index (Phi) is 4.89. The Morgan fingerprint density at radius 1 is 1.40 bits per heavy atom. The number of furan rings is 1. The zero-order chi connectivity index (χ0) is 14.8. The SMILES string of the molecule is Cc1cc(CN2CCOC(C)(C)C2)oc1CNC(C)C. The van der Waals surface area contributed by atoms with Crippen molar-refractivity contribution in [3.05, 3.63) is 23.2 Å². The lowest BCUT2D eigenvalue weighted by atomic mass is 10.1. The number of hydrogen-bond acceptors (Lipinski definition) is 4. The van der Waals surface area contributed by atoms with Gasteiger partial charge in [0.1, 0.15) is 11.5 Å². The summed E-state index contributed by atoms with van der Waals surface area (Å²) in [7, 11) is 0. The van der Waals surface area contributed by atoms with E-state index in [9.17, 15) is 0 Å². The highest BCUT2D eigenvalue weighted by Crippen LogP contribution is 2.21. The van der Waals surface area contributed by atoms with Crippen LogP contribution < -0.4 is 5.32 Å². The lowest BCUT2D eigenvalue weighted by Crippen LogP contribution is -2.47. The van der Waals surface area contributed by atoms with Gasteiger partial charge in [0.25, 0.3) is 0 Å². The van der Waals surface area contributed by atoms with Crippen LogP contribution >= 0.6 is 0 Å². The summed E-state index contributed by atoms with van der Waals surface area (Å²) in [5, 5.41) is 3.41. The third-order valence-electron chi connectivity index (χ3n) is 3.63. The van der Waals surface area contributed by atoms with E-state index in [-0.39, 0.29) is 5.60 Å². The molecule has 1 aliphatic heterocycles. The van der Waals surface area contributed by atoms with Crippen LogP contribution in [-0.4, -0.2) is 36.2 Å². The Hall–Kier alpha value is -0.840. The van der Waals surface area contributed by atoms with E-state index in [4.69, 9.17) is 9.15 Å². The summed E-state index contributed by atoms with van der Waals surface area (Å²) in [6, 6.07) is 2.64. The first-order chi connectivity index (χ1) is 9.35. The average molecular weight is 280 g/mol. The van der Waals surface area contributed by atoms with Crippen LogP contribution in [0.4, 0.5) is 0 Å². The van der Waals surface area contributed by atoms with Gasteiger partial charge in [-0.1, -0.05) is 13.8 Å². The molecule has 0 unspecified atom stereocenters. The molecule has 0 radical (unpaired) electrons. The van der Waals surface area contributed by atoms with Crippen molar-refractivity contribution in [2.24, 2.45) is 0 Å². The molecule has 114 valence electrons. The largest absolute Gasteiger partial charge is 0.463 e. The molecule has 1 fully saturated rings. The van der Waals surface area contributed by atoms with Gasteiger partial charge in [0.05, 0.1) is 25.3 Å². The first kappa shape index (κ1) is 15.5. The molecule has 0 aromatic carbocycles. The minimum atomic E-state index is -0.0537. The zero-order valence-electron chi connectivity index (χ0n) is 13.5. The molecule has 0 aliphatic carbocycles. The Balaban J connectivity index is 1.94. The molecule has 1 aliphatic rings. The van der Waals surface area contributed by atoms with Crippen molar-refractivity contribution in [1.82, 2.24) is 10.2 Å². The molecule has 0 amide bonds. The minimum absolute atomic E-state index is 0.0537. The molecule has 4 nitrogen and oxygen atoms in total. The average Bonchev–Trinajstić information content (AvgIpc) is 2.65. The fourth-order valence-corrected chi connectivity index (χ4v) is 2.61. The third kappa shape index (κ3) is 4.33. The Morgan fingerprint density at radius 3 is 2.80 bits per heavy atom. The summed E-state index contributed by atoms with van der Waals surface area (Å²) in [6.45, 7) is 15.1. The van der Waals surface area contributed by atoms with Crippen LogP contribution in [0.3, 0.4) is 0 Å². The van der Waals surface area contributed by atoms with Crippen LogP contribution in [0.1, 0.15) is 44.8 Å². The number of nitrogens with zero attached hydrogens (tertiary/aromatic N) is 1. The Morgan fingerprint density at radius 2 is 2.15 bits per heavy atom. The second-order valence-corrected chi connectivity index (χ2v) is 6.67. The molecule has 1 N–H and O–H groups in total. The first-order valence-electron chi connectivity index (χ1n) is 7.53. The molecular formula is C16H28N2O2. The number of ether oxygens (including phenoxy) is 1. The molecule has 1 aromatic heterocycles. The number of aryl methyl sites for hydroxylation is 1. The normalized spacial score (nSPS) is 19.7. The van der Waals surface area contributed by atoms with Gasteiger partial charge >= 0.3 is 0 Å². The fraction of sp³-hybridized carbons (Fsp3) is 0.750. The standard InChI is InChI=1S/C16H28N2O2/c1-12(2)17-9-15-13(3)8-14(20-15)10-18-6-7-19-16(4,5)11-18/h8,12,17H,6-7,9-11H2,1-5H3. The molecule has 20 heavy (non-hydrogen) atoms. The third-order valence-corrected chi connectivity index (χ3v) is 3.63. The van der Waals surface area contributed by atoms with E-state index in [0.717, 1.165) is 44.3 Å². The lowest BCUT2D eigenvalue weighted by molar-refractivity contribution is -0.0894. The van der Waals surface area contributed by atoms with E-state index in [0.29, 0.717) is 6.04 Å². The van der Waals surface area contributed by atoms with Gasteiger partial charge in [-0.05, 0) is 32.4 Å². The van der Waals surface area contributed by atoms with Gasteiger partial charge in [0, 0.05) is 19.1 Å². The van der Waals surface area contributed by atoms with E-state index in [1.165, 1.54) is 5.56 Å². The zero-order valence-corrected chi connectivity index (χ0v) is 13.5. The summed E-state index contributed by atoms with van der Waals surface area (Å²) in [4.78, 5) is 2.40. The fourth-order valence-electron chi connectivity index (χ4n) is 2.61. The van der Waals surface area contributed by atoms with Crippen molar-refractivity contribution in [2.45, 2.75) is 59.4 Å². The summed E-state index contributed by atoms with van der Waals surface area (Å²) in [5.41, 5.74) is 1.18. The van der Waals surface area contributed by atoms with E-state index in [1.54, 1.807) is 0 Å². The van der Waals surface area contributed by atoms with Gasteiger partial charge in [-0.3, -0.25) is 4.90 Å². The number of nitrogens with one attached hydrogen (secondary N) is 1. The molecule has 2 rings (SSSR count). The van der Waals surface area contributed by atoms with Crippen molar-refractivity contribution in [2.75, 3.05) is 19.7 Å². The van der Waals surface area contributed by atoms with E-state index in [1.807, 2.05) is 0 Å². The maximum atomic E-state index is 5.99. The maximum absolute atomic E-state index is 5.99. The van der Waals surface area contributed by atoms with Crippen LogP contribution in [0.25, 0.3) is 0 Å². The van der Waals surface area contributed by atoms with Gasteiger partial charge < -0.3 is 14.5 Å². The molecule has 0 spiro atoms. The summed E-state index contributed by atoms with van der Waals surface area (Å²) in [5.74, 6) is 2.11. The Labute approximate surface area is 122 Å². The molecular weight excluding hydrogens is 252 g/mol. The van der Waals surface area contributed by atoms with Crippen LogP contribution in [0.15, 0.2) is 10.5 Å². The van der Waals surface area contributed by atoms with Gasteiger partial charge in [0.2, 0.25) is 0 Å². The summed E-state index contributed by atoms with van der Waals surface area (Å²) in [6.07, 6.45) is 0.